The van der Waals surface area contributed by atoms with Crippen LogP contribution in [0.25, 0.3) is 0 Å². The van der Waals surface area contributed by atoms with Crippen molar-refractivity contribution >= 4 is 29.0 Å². The summed E-state index contributed by atoms with van der Waals surface area (Å²) in [7, 11) is 0. The fourth-order valence-electron chi connectivity index (χ4n) is 2.59. The molecule has 136 valence electrons. The molecule has 1 aliphatic heterocycles. The van der Waals surface area contributed by atoms with Crippen molar-refractivity contribution in [3.05, 3.63) is 58.1 Å². The number of rotatable bonds is 3. The van der Waals surface area contributed by atoms with Crippen LogP contribution in [0, 0.1) is 12.7 Å². The number of benzene rings is 1. The number of ether oxygens (including phenoxy) is 1. The van der Waals surface area contributed by atoms with Crippen LogP contribution in [0.3, 0.4) is 0 Å². The zero-order valence-corrected chi connectivity index (χ0v) is 14.5. The van der Waals surface area contributed by atoms with E-state index in [4.69, 9.17) is 22.1 Å². The van der Waals surface area contributed by atoms with Crippen molar-refractivity contribution in [3.8, 4) is 0 Å². The van der Waals surface area contributed by atoms with Gasteiger partial charge in [-0.15, -0.1) is 0 Å². The van der Waals surface area contributed by atoms with Crippen LogP contribution >= 0.6 is 11.6 Å². The molecule has 9 heteroatoms. The Morgan fingerprint density at radius 3 is 2.88 bits per heavy atom. The van der Waals surface area contributed by atoms with Gasteiger partial charge in [0.1, 0.15) is 30.6 Å². The number of nitrogens with one attached hydrogen (secondary N) is 1. The van der Waals surface area contributed by atoms with Gasteiger partial charge in [0.05, 0.1) is 10.6 Å². The molecule has 0 aliphatic carbocycles. The number of carbonyl (C=O) groups excluding carboxylic acids is 1. The quantitative estimate of drug-likeness (QED) is 0.801. The van der Waals surface area contributed by atoms with Gasteiger partial charge >= 0.3 is 0 Å². The molecule has 1 atom stereocenters. The van der Waals surface area contributed by atoms with Gasteiger partial charge in [0.15, 0.2) is 0 Å². The van der Waals surface area contributed by atoms with Crippen molar-refractivity contribution < 1.29 is 18.3 Å². The molecule has 0 bridgehead atoms. The van der Waals surface area contributed by atoms with Crippen LogP contribution in [0.4, 0.5) is 14.5 Å². The predicted octanol–water partition coefficient (Wildman–Crippen LogP) is 2.94. The van der Waals surface area contributed by atoms with Gasteiger partial charge in [-0.05, 0) is 36.8 Å². The number of hydrogen-bond acceptors (Lipinski definition) is 5. The maximum atomic E-state index is 15.0. The lowest BCUT2D eigenvalue weighted by Gasteiger charge is -2.26. The van der Waals surface area contributed by atoms with Crippen molar-refractivity contribution in [1.29, 1.82) is 0 Å². The van der Waals surface area contributed by atoms with Crippen molar-refractivity contribution in [2.24, 2.45) is 10.7 Å². The van der Waals surface area contributed by atoms with E-state index in [1.165, 1.54) is 12.3 Å². The maximum absolute atomic E-state index is 15.0. The Balaban J connectivity index is 1.90. The summed E-state index contributed by atoms with van der Waals surface area (Å²) >= 11 is 5.82. The Morgan fingerprint density at radius 1 is 1.42 bits per heavy atom. The molecular weight excluding hydrogens is 366 g/mol. The Hall–Kier alpha value is -2.58. The molecule has 1 aromatic carbocycles. The highest BCUT2D eigenvalue weighted by molar-refractivity contribution is 6.30. The second kappa shape index (κ2) is 6.97. The molecule has 26 heavy (non-hydrogen) atoms. The van der Waals surface area contributed by atoms with Crippen molar-refractivity contribution in [1.82, 2.24) is 4.98 Å². The molecule has 1 aromatic heterocycles. The number of amidine groups is 1. The van der Waals surface area contributed by atoms with Gasteiger partial charge in [0.25, 0.3) is 11.7 Å². The molecule has 2 heterocycles. The third-order valence-electron chi connectivity index (χ3n) is 3.76. The van der Waals surface area contributed by atoms with E-state index < -0.39 is 24.1 Å². The molecule has 6 nitrogen and oxygen atoms in total. The molecule has 3 N–H and O–H groups in total. The largest absolute Gasteiger partial charge is 0.385 e. The number of halogens is 3. The molecule has 0 saturated heterocycles. The molecule has 1 aliphatic rings. The molecule has 0 unspecified atom stereocenters. The van der Waals surface area contributed by atoms with E-state index in [2.05, 4.69) is 15.3 Å². The average molecular weight is 381 g/mol. The van der Waals surface area contributed by atoms with E-state index in [9.17, 15) is 13.6 Å². The topological polar surface area (TPSA) is 89.6 Å². The molecule has 0 fully saturated rings. The van der Waals surface area contributed by atoms with Crippen LogP contribution in [0.1, 0.15) is 21.6 Å². The lowest BCUT2D eigenvalue weighted by Crippen LogP contribution is -2.37. The number of pyridine rings is 1. The van der Waals surface area contributed by atoms with E-state index in [0.29, 0.717) is 10.6 Å². The van der Waals surface area contributed by atoms with Gasteiger partial charge in [-0.1, -0.05) is 11.6 Å². The molecule has 0 radical (unpaired) electrons. The van der Waals surface area contributed by atoms with Crippen LogP contribution in [-0.2, 0) is 10.5 Å². The van der Waals surface area contributed by atoms with Crippen molar-refractivity contribution in [2.45, 2.75) is 12.7 Å². The second-order valence-corrected chi connectivity index (χ2v) is 6.26. The van der Waals surface area contributed by atoms with Gasteiger partial charge in [0.2, 0.25) is 0 Å². The fourth-order valence-corrected chi connectivity index (χ4v) is 2.80. The number of aryl methyl sites for hydroxylation is 1. The highest BCUT2D eigenvalue weighted by atomic mass is 35.5. The monoisotopic (exact) mass is 380 g/mol. The number of nitrogens with zero attached hydrogens (tertiary/aromatic N) is 2. The van der Waals surface area contributed by atoms with E-state index in [1.807, 2.05) is 0 Å². The SMILES string of the molecule is Cc1cc(Cl)cnc1C(=O)Nc1ccc(F)c([C@]2(F)COCC(N)=N2)c1. The minimum Gasteiger partial charge on any atom is -0.385 e. The fraction of sp³-hybridized carbons (Fsp3) is 0.235. The van der Waals surface area contributed by atoms with Crippen LogP contribution < -0.4 is 11.1 Å². The van der Waals surface area contributed by atoms with Crippen molar-refractivity contribution in [2.75, 3.05) is 18.5 Å². The number of hydrogen-bond donors (Lipinski definition) is 2. The average Bonchev–Trinajstić information content (AvgIpc) is 2.56. The van der Waals surface area contributed by atoms with E-state index >= 15 is 0 Å². The Bertz CT molecular complexity index is 906. The van der Waals surface area contributed by atoms with Gasteiger partial charge < -0.3 is 15.8 Å². The Kier molecular flexibility index (Phi) is 4.88. The maximum Gasteiger partial charge on any atom is 0.274 e. The lowest BCUT2D eigenvalue weighted by molar-refractivity contribution is 0.0170. The second-order valence-electron chi connectivity index (χ2n) is 5.82. The van der Waals surface area contributed by atoms with Crippen LogP contribution in [0.2, 0.25) is 5.02 Å². The molecular formula is C17H15ClF2N4O2. The number of nitrogens with two attached hydrogens (primary N) is 1. The first-order chi connectivity index (χ1) is 12.3. The minimum absolute atomic E-state index is 0.0226. The van der Waals surface area contributed by atoms with E-state index in [1.54, 1.807) is 13.0 Å². The summed E-state index contributed by atoms with van der Waals surface area (Å²) < 4.78 is 34.2. The first-order valence-electron chi connectivity index (χ1n) is 7.63. The zero-order valence-electron chi connectivity index (χ0n) is 13.7. The Labute approximate surface area is 153 Å². The standard InChI is InChI=1S/C17H15ClF2N4O2/c1-9-4-10(18)6-22-15(9)16(25)23-11-2-3-13(19)12(5-11)17(20)8-26-7-14(21)24-17/h2-6H,7-8H2,1H3,(H2,21,24)(H,23,25)/t17-/m0/s1. The molecule has 0 saturated carbocycles. The molecule has 1 amide bonds. The van der Waals surface area contributed by atoms with E-state index in [0.717, 1.165) is 12.1 Å². The predicted molar refractivity (Wildman–Crippen MR) is 93.6 cm³/mol. The first kappa shape index (κ1) is 18.2. The summed E-state index contributed by atoms with van der Waals surface area (Å²) in [6.45, 7) is 1.18. The minimum atomic E-state index is -2.46. The summed E-state index contributed by atoms with van der Waals surface area (Å²) in [5, 5.41) is 2.95. The normalized spacial score (nSPS) is 19.8. The van der Waals surface area contributed by atoms with Crippen molar-refractivity contribution in [3.63, 3.8) is 0 Å². The number of alkyl halides is 1. The molecule has 0 spiro atoms. The zero-order chi connectivity index (χ0) is 18.9. The third-order valence-corrected chi connectivity index (χ3v) is 3.97. The van der Waals surface area contributed by atoms with Crippen LogP contribution in [-0.4, -0.2) is 29.9 Å². The van der Waals surface area contributed by atoms with E-state index in [-0.39, 0.29) is 29.4 Å². The summed E-state index contributed by atoms with van der Waals surface area (Å²) in [4.78, 5) is 20.0. The van der Waals surface area contributed by atoms with Gasteiger partial charge in [-0.3, -0.25) is 4.79 Å². The first-order valence-corrected chi connectivity index (χ1v) is 8.01. The van der Waals surface area contributed by atoms with Gasteiger partial charge in [0, 0.05) is 11.9 Å². The Morgan fingerprint density at radius 2 is 2.19 bits per heavy atom. The summed E-state index contributed by atoms with van der Waals surface area (Å²) in [5.74, 6) is -3.89. The number of aromatic nitrogens is 1. The third kappa shape index (κ3) is 3.66. The van der Waals surface area contributed by atoms with Crippen LogP contribution in [0.5, 0.6) is 0 Å². The number of amides is 1. The number of carbonyl (C=O) groups is 1. The molecule has 3 rings (SSSR count). The number of aliphatic imine (C=N–C) groups is 1. The van der Waals surface area contributed by atoms with Gasteiger partial charge in [-0.2, -0.15) is 0 Å². The van der Waals surface area contributed by atoms with Gasteiger partial charge in [-0.25, -0.2) is 18.8 Å². The number of anilines is 1. The van der Waals surface area contributed by atoms with Crippen LogP contribution in [0.15, 0.2) is 35.5 Å². The summed E-state index contributed by atoms with van der Waals surface area (Å²) in [5.41, 5.74) is 6.02. The summed E-state index contributed by atoms with van der Waals surface area (Å²) in [6, 6.07) is 5.09. The highest BCUT2D eigenvalue weighted by Gasteiger charge is 2.37. The highest BCUT2D eigenvalue weighted by Crippen LogP contribution is 2.34. The molecule has 2 aromatic rings. The lowest BCUT2D eigenvalue weighted by atomic mass is 10.0. The summed E-state index contributed by atoms with van der Waals surface area (Å²) in [6.07, 6.45) is 1.34. The smallest absolute Gasteiger partial charge is 0.274 e.